The minimum atomic E-state index is 0.497. The van der Waals surface area contributed by atoms with Crippen molar-refractivity contribution in [3.8, 4) is 152 Å². The second-order valence-electron chi connectivity index (χ2n) is 35.8. The molecule has 6 aromatic heterocycles. The zero-order chi connectivity index (χ0) is 93.9. The molecule has 0 fully saturated rings. The summed E-state index contributed by atoms with van der Waals surface area (Å²) in [5.41, 5.74) is 30.0. The van der Waals surface area contributed by atoms with Crippen LogP contribution in [0, 0.1) is 0 Å². The van der Waals surface area contributed by atoms with Gasteiger partial charge in [-0.05, 0) is 268 Å². The van der Waals surface area contributed by atoms with Gasteiger partial charge in [-0.1, -0.05) is 361 Å². The summed E-state index contributed by atoms with van der Waals surface area (Å²) in [6.45, 7) is 0. The zero-order valence-electron chi connectivity index (χ0n) is 76.7. The van der Waals surface area contributed by atoms with E-state index in [1.807, 2.05) is 103 Å². The zero-order valence-corrected chi connectivity index (χ0v) is 76.7. The van der Waals surface area contributed by atoms with Gasteiger partial charge in [-0.25, -0.2) is 0 Å². The van der Waals surface area contributed by atoms with Gasteiger partial charge in [0.05, 0.1) is 33.1 Å². The molecule has 666 valence electrons. The van der Waals surface area contributed by atoms with E-state index in [1.54, 1.807) is 0 Å². The smallest absolute Gasteiger partial charge is 0.258 e. The first-order chi connectivity index (χ1) is 70.3. The van der Waals surface area contributed by atoms with Crippen molar-refractivity contribution < 1.29 is 13.6 Å². The Balaban J connectivity index is 0.000000110. The molecule has 0 aliphatic carbocycles. The Morgan fingerprint density at radius 1 is 0.141 bits per heavy atom. The lowest BCUT2D eigenvalue weighted by atomic mass is 9.95. The van der Waals surface area contributed by atoms with E-state index in [9.17, 15) is 0 Å². The van der Waals surface area contributed by atoms with Gasteiger partial charge in [0, 0.05) is 82.8 Å². The van der Waals surface area contributed by atoms with Crippen LogP contribution in [0.2, 0.25) is 0 Å². The summed E-state index contributed by atoms with van der Waals surface area (Å²) in [4.78, 5) is 14.0. The second kappa shape index (κ2) is 35.7. The molecule has 0 aliphatic rings. The normalized spacial score (nSPS) is 11.5. The molecule has 0 saturated heterocycles. The highest BCUT2D eigenvalue weighted by molar-refractivity contribution is 6.16. The highest BCUT2D eigenvalue weighted by atomic mass is 16.5. The summed E-state index contributed by atoms with van der Waals surface area (Å²) in [6, 6.07) is 178. The van der Waals surface area contributed by atoms with Crippen LogP contribution in [0.5, 0.6) is 0 Å². The molecule has 142 heavy (non-hydrogen) atoms. The maximum absolute atomic E-state index is 5.68. The second-order valence-corrected chi connectivity index (χ2v) is 35.8. The lowest BCUT2D eigenvalue weighted by Gasteiger charge is -2.10. The average Bonchev–Trinajstić information content (AvgIpc) is 1.58. The lowest BCUT2D eigenvalue weighted by molar-refractivity contribution is 0.432. The molecule has 12 heteroatoms. The fourth-order valence-corrected chi connectivity index (χ4v) is 20.3. The van der Waals surface area contributed by atoms with E-state index in [4.69, 9.17) is 13.6 Å². The first kappa shape index (κ1) is 83.3. The molecule has 22 aromatic carbocycles. The van der Waals surface area contributed by atoms with Gasteiger partial charge in [0.2, 0.25) is 17.5 Å². The van der Waals surface area contributed by atoms with Crippen LogP contribution in [-0.4, -0.2) is 44.1 Å². The van der Waals surface area contributed by atoms with E-state index in [2.05, 4.69) is 445 Å². The molecule has 28 rings (SSSR count). The highest BCUT2D eigenvalue weighted by Crippen LogP contribution is 2.45. The van der Waals surface area contributed by atoms with E-state index in [0.717, 1.165) is 83.5 Å². The topological polar surface area (TPSA) is 132 Å². The van der Waals surface area contributed by atoms with Crippen molar-refractivity contribution in [1.29, 1.82) is 0 Å². The van der Waals surface area contributed by atoms with E-state index in [0.29, 0.717) is 35.1 Å². The molecule has 0 N–H and O–H groups in total. The molecule has 0 radical (unpaired) electrons. The van der Waals surface area contributed by atoms with E-state index < -0.39 is 0 Å². The quantitative estimate of drug-likeness (QED) is 0.0984. The fourth-order valence-electron chi connectivity index (χ4n) is 20.3. The monoisotopic (exact) mass is 1820 g/mol. The Morgan fingerprint density at radius 3 is 0.676 bits per heavy atom. The van der Waals surface area contributed by atoms with Crippen molar-refractivity contribution in [3.63, 3.8) is 0 Å². The summed E-state index contributed by atoms with van der Waals surface area (Å²) in [5, 5.41) is 29.9. The Bertz CT molecular complexity index is 9270. The van der Waals surface area contributed by atoms with Gasteiger partial charge in [-0.2, -0.15) is 15.0 Å². The van der Waals surface area contributed by atoms with Crippen LogP contribution in [0.1, 0.15) is 0 Å². The summed E-state index contributed by atoms with van der Waals surface area (Å²) in [5.74, 6) is 3.24. The Hall–Kier alpha value is -19.3. The lowest BCUT2D eigenvalue weighted by Crippen LogP contribution is -1.94. The third kappa shape index (κ3) is 15.5. The number of hydrogen-bond acceptors (Lipinski definition) is 9. The van der Waals surface area contributed by atoms with Crippen LogP contribution in [0.15, 0.2) is 517 Å². The molecule has 0 amide bonds. The molecule has 28 aromatic rings. The molecule has 0 atom stereocenters. The number of rotatable bonds is 15. The first-order valence-electron chi connectivity index (χ1n) is 47.7. The molecule has 0 aliphatic heterocycles. The molecule has 0 spiro atoms. The number of benzene rings is 22. The van der Waals surface area contributed by atoms with E-state index in [-0.39, 0.29) is 0 Å². The number of aromatic nitrogens is 9. The number of hydrogen-bond donors (Lipinski definition) is 0. The highest BCUT2D eigenvalue weighted by Gasteiger charge is 2.24. The summed E-state index contributed by atoms with van der Waals surface area (Å²) in [7, 11) is 0. The maximum Gasteiger partial charge on any atom is 0.258 e. The number of nitrogens with zero attached hydrogens (tertiary/aromatic N) is 9. The fraction of sp³-hybridized carbons (Fsp3) is 0. The van der Waals surface area contributed by atoms with Crippen LogP contribution >= 0.6 is 0 Å². The van der Waals surface area contributed by atoms with Crippen LogP contribution in [-0.2, 0) is 0 Å². The first-order valence-corrected chi connectivity index (χ1v) is 47.7. The van der Waals surface area contributed by atoms with Gasteiger partial charge in [-0.3, -0.25) is 0 Å². The van der Waals surface area contributed by atoms with Crippen molar-refractivity contribution in [3.05, 3.63) is 504 Å². The minimum absolute atomic E-state index is 0.497. The van der Waals surface area contributed by atoms with Crippen LogP contribution in [0.3, 0.4) is 0 Å². The Labute approximate surface area is 816 Å². The van der Waals surface area contributed by atoms with Crippen molar-refractivity contribution in [1.82, 2.24) is 44.1 Å². The van der Waals surface area contributed by atoms with Crippen molar-refractivity contribution >= 4 is 109 Å². The van der Waals surface area contributed by atoms with Crippen LogP contribution in [0.25, 0.3) is 261 Å². The standard InChI is InChI=1S/2C46H29N3O.C38H25N3O/c1-2-12-32(13-3-1)45-47-46(50-48-45)33-20-24-36(25-21-33)49-43-26-22-34(39-18-8-14-30-10-4-6-16-37(30)39)28-41(43)42-29-35(23-27-44(42)49)40-19-9-15-31-11-5-7-17-38(31)40;1-2-10-32(11-3-1)45-47-46(50-48-45)33-18-22-40(23-19-33)49-43-24-20-38(36-16-14-30-8-4-6-12-34(30)26-36)28-41(43)42-29-39(21-25-44(42)49)37-17-15-31-9-5-7-13-35(31)27-37;1-4-10-26(11-5-1)30-18-22-35-33(24-30)34-25-31(27-12-6-2-7-13-27)19-23-36(34)41(35)32-20-16-29(17-21-32)38-39-37(40-42-38)28-14-8-3-9-15-28/h2*1-29H;1-25H. The molecule has 0 bridgehead atoms. The van der Waals surface area contributed by atoms with Gasteiger partial charge in [0.1, 0.15) is 0 Å². The molecule has 0 unspecified atom stereocenters. The SMILES string of the molecule is c1ccc(-c2ccc3c(c2)c2cc(-c4ccccc4)ccc2n3-c2ccc(-c3nc(-c4ccccc4)no3)cc2)cc1.c1ccc(-c2noc(-c3ccc(-n4c5ccc(-c6ccc7ccccc7c6)cc5c5cc(-c6ccc7ccccc7c6)ccc54)cc3)n2)cc1.c1ccc(-c2noc(-c3ccc(-n4c5ccc(-c6cccc7ccccc67)cc5c5cc(-c6cccc7ccccc67)ccc54)cc3)n2)cc1. The van der Waals surface area contributed by atoms with E-state index >= 15 is 0 Å². The molecular weight excluding hydrogens is 1740 g/mol. The molecular formula is C130H83N9O3. The molecule has 0 saturated carbocycles. The average molecular weight is 1820 g/mol. The van der Waals surface area contributed by atoms with Crippen molar-refractivity contribution in [2.75, 3.05) is 0 Å². The summed E-state index contributed by atoms with van der Waals surface area (Å²) in [6.07, 6.45) is 0. The predicted octanol–water partition coefficient (Wildman–Crippen LogP) is 34.1. The van der Waals surface area contributed by atoms with Crippen LogP contribution < -0.4 is 0 Å². The van der Waals surface area contributed by atoms with Crippen molar-refractivity contribution in [2.45, 2.75) is 0 Å². The van der Waals surface area contributed by atoms with Gasteiger partial charge >= 0.3 is 0 Å². The third-order valence-electron chi connectivity index (χ3n) is 27.4. The van der Waals surface area contributed by atoms with Crippen LogP contribution in [0.4, 0.5) is 0 Å². The van der Waals surface area contributed by atoms with Gasteiger partial charge in [-0.15, -0.1) is 0 Å². The van der Waals surface area contributed by atoms with E-state index in [1.165, 1.54) is 142 Å². The van der Waals surface area contributed by atoms with Gasteiger partial charge in [0.15, 0.2) is 0 Å². The molecule has 6 heterocycles. The third-order valence-corrected chi connectivity index (χ3v) is 27.4. The Morgan fingerprint density at radius 2 is 0.366 bits per heavy atom. The maximum atomic E-state index is 5.68. The minimum Gasteiger partial charge on any atom is -0.334 e. The molecule has 12 nitrogen and oxygen atoms in total. The van der Waals surface area contributed by atoms with Crippen molar-refractivity contribution in [2.24, 2.45) is 0 Å². The summed E-state index contributed by atoms with van der Waals surface area (Å²) >= 11 is 0. The number of fused-ring (bicyclic) bond motifs is 13. The van der Waals surface area contributed by atoms with Gasteiger partial charge < -0.3 is 27.3 Å². The Kier molecular flexibility index (Phi) is 21.0. The predicted molar refractivity (Wildman–Crippen MR) is 581 cm³/mol. The largest absolute Gasteiger partial charge is 0.334 e. The van der Waals surface area contributed by atoms with Gasteiger partial charge in [0.25, 0.3) is 17.7 Å². The summed E-state index contributed by atoms with van der Waals surface area (Å²) < 4.78 is 24.0.